The van der Waals surface area contributed by atoms with Gasteiger partial charge in [-0.15, -0.1) is 0 Å². The Labute approximate surface area is 181 Å². The first kappa shape index (κ1) is 20.8. The molecule has 0 radical (unpaired) electrons. The molecule has 31 heavy (non-hydrogen) atoms. The Morgan fingerprint density at radius 2 is 1.74 bits per heavy atom. The van der Waals surface area contributed by atoms with Crippen molar-refractivity contribution in [2.75, 3.05) is 39.8 Å². The molecule has 1 aliphatic heterocycles. The Morgan fingerprint density at radius 1 is 1.03 bits per heavy atom. The highest BCUT2D eigenvalue weighted by atomic mass is 16.4. The van der Waals surface area contributed by atoms with Crippen LogP contribution in [0.1, 0.15) is 15.9 Å². The van der Waals surface area contributed by atoms with Gasteiger partial charge in [0.1, 0.15) is 0 Å². The number of carbonyl (C=O) groups is 2. The van der Waals surface area contributed by atoms with Crippen LogP contribution in [0.2, 0.25) is 0 Å². The summed E-state index contributed by atoms with van der Waals surface area (Å²) in [4.78, 5) is 33.2. The van der Waals surface area contributed by atoms with E-state index in [-0.39, 0.29) is 11.8 Å². The van der Waals surface area contributed by atoms with E-state index in [1.807, 2.05) is 60.4 Å². The smallest absolute Gasteiger partial charge is 0.254 e. The second-order valence-electron chi connectivity index (χ2n) is 7.68. The molecule has 0 saturated carbocycles. The lowest BCUT2D eigenvalue weighted by Gasteiger charge is -2.34. The number of hydrogen-bond donors (Lipinski definition) is 1. The Balaban J connectivity index is 1.51. The zero-order chi connectivity index (χ0) is 21.8. The third-order valence-electron chi connectivity index (χ3n) is 5.54. The predicted molar refractivity (Wildman–Crippen MR) is 119 cm³/mol. The van der Waals surface area contributed by atoms with Crippen molar-refractivity contribution in [1.29, 1.82) is 0 Å². The lowest BCUT2D eigenvalue weighted by Crippen LogP contribution is -2.50. The summed E-state index contributed by atoms with van der Waals surface area (Å²) < 4.78 is 6.01. The van der Waals surface area contributed by atoms with Crippen molar-refractivity contribution >= 4 is 11.8 Å². The number of carbonyl (C=O) groups excluding carboxylic acids is 2. The summed E-state index contributed by atoms with van der Waals surface area (Å²) in [5.74, 6) is 1.03. The molecule has 0 aliphatic carbocycles. The van der Waals surface area contributed by atoms with Gasteiger partial charge in [0.15, 0.2) is 5.76 Å². The van der Waals surface area contributed by atoms with Crippen molar-refractivity contribution in [3.63, 3.8) is 0 Å². The number of nitrogens with zero attached hydrogens (tertiary/aromatic N) is 3. The van der Waals surface area contributed by atoms with Crippen LogP contribution >= 0.6 is 0 Å². The number of oxazole rings is 1. The molecule has 2 amide bonds. The molecule has 7 heteroatoms. The molecule has 0 unspecified atom stereocenters. The fraction of sp³-hybridized carbons (Fsp3) is 0.292. The molecule has 2 heterocycles. The molecule has 0 spiro atoms. The molecule has 160 valence electrons. The minimum atomic E-state index is -0.0507. The van der Waals surface area contributed by atoms with Gasteiger partial charge in [0, 0.05) is 44.4 Å². The van der Waals surface area contributed by atoms with Crippen molar-refractivity contribution in [3.05, 3.63) is 65.9 Å². The summed E-state index contributed by atoms with van der Waals surface area (Å²) in [6.07, 6.45) is 1.69. The fourth-order valence-electron chi connectivity index (χ4n) is 3.67. The average Bonchev–Trinajstić information content (AvgIpc) is 3.29. The van der Waals surface area contributed by atoms with Gasteiger partial charge in [0.25, 0.3) is 5.91 Å². The van der Waals surface area contributed by atoms with Gasteiger partial charge >= 0.3 is 0 Å². The topological polar surface area (TPSA) is 78.7 Å². The summed E-state index contributed by atoms with van der Waals surface area (Å²) in [7, 11) is 1.63. The maximum Gasteiger partial charge on any atom is 0.254 e. The average molecular weight is 418 g/mol. The standard InChI is InChI=1S/C24H26N4O3/c1-17-7-9-18(10-8-17)21-15-26-23(31-21)19-5-3-4-6-20(19)24(30)28-13-11-27(12-14-28)16-22(29)25-2/h3-10,15H,11-14,16H2,1-2H3,(H,25,29). The molecule has 3 aromatic rings. The lowest BCUT2D eigenvalue weighted by atomic mass is 10.1. The van der Waals surface area contributed by atoms with E-state index in [4.69, 9.17) is 4.42 Å². The number of amides is 2. The summed E-state index contributed by atoms with van der Waals surface area (Å²) in [6, 6.07) is 15.4. The van der Waals surface area contributed by atoms with Gasteiger partial charge in [-0.3, -0.25) is 14.5 Å². The molecule has 0 atom stereocenters. The van der Waals surface area contributed by atoms with Crippen molar-refractivity contribution in [2.24, 2.45) is 0 Å². The minimum absolute atomic E-state index is 0.0154. The normalized spacial score (nSPS) is 14.5. The summed E-state index contributed by atoms with van der Waals surface area (Å²) >= 11 is 0. The van der Waals surface area contributed by atoms with Crippen LogP contribution < -0.4 is 5.32 Å². The number of hydrogen-bond acceptors (Lipinski definition) is 5. The van der Waals surface area contributed by atoms with Crippen LogP contribution in [0.3, 0.4) is 0 Å². The van der Waals surface area contributed by atoms with Crippen LogP contribution in [0.25, 0.3) is 22.8 Å². The van der Waals surface area contributed by atoms with Gasteiger partial charge in [-0.1, -0.05) is 42.0 Å². The molecule has 1 fully saturated rings. The quantitative estimate of drug-likeness (QED) is 0.689. The molecule has 4 rings (SSSR count). The maximum absolute atomic E-state index is 13.3. The second-order valence-corrected chi connectivity index (χ2v) is 7.68. The molecule has 2 aromatic carbocycles. The third kappa shape index (κ3) is 4.67. The number of likely N-dealkylation sites (N-methyl/N-ethyl adjacent to an activating group) is 1. The first-order valence-corrected chi connectivity index (χ1v) is 10.4. The van der Waals surface area contributed by atoms with E-state index >= 15 is 0 Å². The van der Waals surface area contributed by atoms with E-state index in [1.165, 1.54) is 5.56 Å². The number of rotatable bonds is 5. The van der Waals surface area contributed by atoms with Crippen molar-refractivity contribution < 1.29 is 14.0 Å². The van der Waals surface area contributed by atoms with Gasteiger partial charge in [-0.2, -0.15) is 0 Å². The number of aryl methyl sites for hydroxylation is 1. The molecule has 1 aromatic heterocycles. The van der Waals surface area contributed by atoms with Crippen molar-refractivity contribution in [1.82, 2.24) is 20.1 Å². The maximum atomic E-state index is 13.3. The van der Waals surface area contributed by atoms with Crippen molar-refractivity contribution in [2.45, 2.75) is 6.92 Å². The van der Waals surface area contributed by atoms with Gasteiger partial charge in [0.2, 0.25) is 11.8 Å². The fourth-order valence-corrected chi connectivity index (χ4v) is 3.67. The second kappa shape index (κ2) is 9.14. The van der Waals surface area contributed by atoms with Crippen LogP contribution in [0, 0.1) is 6.92 Å². The Bertz CT molecular complexity index is 1070. The van der Waals surface area contributed by atoms with Gasteiger partial charge in [0.05, 0.1) is 18.3 Å². The van der Waals surface area contributed by atoms with E-state index in [0.29, 0.717) is 55.5 Å². The first-order valence-electron chi connectivity index (χ1n) is 10.4. The SMILES string of the molecule is CNC(=O)CN1CCN(C(=O)c2ccccc2-c2ncc(-c3ccc(C)cc3)o2)CC1. The van der Waals surface area contributed by atoms with Crippen LogP contribution in [-0.4, -0.2) is 66.4 Å². The van der Waals surface area contributed by atoms with Crippen LogP contribution in [0.15, 0.2) is 59.1 Å². The number of benzene rings is 2. The van der Waals surface area contributed by atoms with Crippen LogP contribution in [0.4, 0.5) is 0 Å². The summed E-state index contributed by atoms with van der Waals surface area (Å²) in [5, 5.41) is 2.64. The molecule has 1 N–H and O–H groups in total. The number of piperazine rings is 1. The molecular weight excluding hydrogens is 392 g/mol. The predicted octanol–water partition coefficient (Wildman–Crippen LogP) is 2.82. The van der Waals surface area contributed by atoms with E-state index in [0.717, 1.165) is 5.56 Å². The summed E-state index contributed by atoms with van der Waals surface area (Å²) in [6.45, 7) is 4.87. The minimum Gasteiger partial charge on any atom is -0.436 e. The third-order valence-corrected chi connectivity index (χ3v) is 5.54. The highest BCUT2D eigenvalue weighted by Gasteiger charge is 2.26. The first-order chi connectivity index (χ1) is 15.0. The zero-order valence-corrected chi connectivity index (χ0v) is 17.8. The van der Waals surface area contributed by atoms with Gasteiger partial charge < -0.3 is 14.6 Å². The molecule has 0 bridgehead atoms. The van der Waals surface area contributed by atoms with Crippen molar-refractivity contribution in [3.8, 4) is 22.8 Å². The van der Waals surface area contributed by atoms with E-state index < -0.39 is 0 Å². The zero-order valence-electron chi connectivity index (χ0n) is 17.8. The van der Waals surface area contributed by atoms with E-state index in [2.05, 4.69) is 15.2 Å². The van der Waals surface area contributed by atoms with Gasteiger partial charge in [-0.25, -0.2) is 4.98 Å². The molecule has 1 saturated heterocycles. The highest BCUT2D eigenvalue weighted by molar-refractivity contribution is 6.00. The van der Waals surface area contributed by atoms with Crippen LogP contribution in [-0.2, 0) is 4.79 Å². The van der Waals surface area contributed by atoms with Gasteiger partial charge in [-0.05, 0) is 19.1 Å². The van der Waals surface area contributed by atoms with E-state index in [1.54, 1.807) is 13.2 Å². The molecule has 7 nitrogen and oxygen atoms in total. The largest absolute Gasteiger partial charge is 0.436 e. The molecular formula is C24H26N4O3. The Hall–Kier alpha value is -3.45. The summed E-state index contributed by atoms with van der Waals surface area (Å²) in [5.41, 5.74) is 3.37. The number of nitrogens with one attached hydrogen (secondary N) is 1. The monoisotopic (exact) mass is 418 g/mol. The van der Waals surface area contributed by atoms with Crippen LogP contribution in [0.5, 0.6) is 0 Å². The Morgan fingerprint density at radius 3 is 2.45 bits per heavy atom. The number of aromatic nitrogens is 1. The Kier molecular flexibility index (Phi) is 6.13. The van der Waals surface area contributed by atoms with E-state index in [9.17, 15) is 9.59 Å². The molecule has 1 aliphatic rings. The lowest BCUT2D eigenvalue weighted by molar-refractivity contribution is -0.122. The highest BCUT2D eigenvalue weighted by Crippen LogP contribution is 2.29.